The summed E-state index contributed by atoms with van der Waals surface area (Å²) in [6.45, 7) is 6.90. The Balaban J connectivity index is 1.18. The molecule has 3 aromatic heterocycles. The molecule has 2 aliphatic rings. The van der Waals surface area contributed by atoms with E-state index < -0.39 is 0 Å². The van der Waals surface area contributed by atoms with Crippen molar-refractivity contribution in [3.05, 3.63) is 60.6 Å². The second-order valence-electron chi connectivity index (χ2n) is 11.0. The van der Waals surface area contributed by atoms with Crippen molar-refractivity contribution in [3.8, 4) is 17.0 Å². The van der Waals surface area contributed by atoms with Crippen molar-refractivity contribution in [1.29, 1.82) is 0 Å². The third-order valence-corrected chi connectivity index (χ3v) is 8.41. The maximum atomic E-state index is 14.0. The van der Waals surface area contributed by atoms with Gasteiger partial charge in [0.2, 0.25) is 5.91 Å². The van der Waals surface area contributed by atoms with E-state index in [1.165, 1.54) is 0 Å². The molecule has 5 aromatic rings. The number of carbonyl (C=O) groups excluding carboxylic acids is 1. The normalized spacial score (nSPS) is 19.9. The van der Waals surface area contributed by atoms with Gasteiger partial charge in [0.15, 0.2) is 0 Å². The lowest BCUT2D eigenvalue weighted by Gasteiger charge is -2.41. The van der Waals surface area contributed by atoms with E-state index in [0.717, 1.165) is 83.4 Å². The fraction of sp³-hybridized carbons (Fsp3) is 0.400. The van der Waals surface area contributed by atoms with Crippen LogP contribution in [0.3, 0.4) is 0 Å². The number of rotatable bonds is 7. The number of aryl methyl sites for hydroxylation is 1. The number of aromatic nitrogens is 6. The van der Waals surface area contributed by atoms with E-state index in [4.69, 9.17) is 14.5 Å². The van der Waals surface area contributed by atoms with Crippen molar-refractivity contribution in [1.82, 2.24) is 39.3 Å². The van der Waals surface area contributed by atoms with Gasteiger partial charge in [0.05, 0.1) is 54.0 Å². The first kappa shape index (κ1) is 25.7. The number of nitrogens with zero attached hydrogens (tertiary/aromatic N) is 6. The number of methoxy groups -OCH3 is 1. The van der Waals surface area contributed by atoms with Gasteiger partial charge in [-0.2, -0.15) is 0 Å². The second-order valence-corrected chi connectivity index (χ2v) is 11.0. The molecule has 2 fully saturated rings. The van der Waals surface area contributed by atoms with Crippen LogP contribution in [0, 0.1) is 12.8 Å². The number of fused-ring (bicyclic) bond motifs is 2. The molecule has 2 N–H and O–H groups in total. The predicted molar refractivity (Wildman–Crippen MR) is 155 cm³/mol. The predicted octanol–water partition coefficient (Wildman–Crippen LogP) is 3.54. The van der Waals surface area contributed by atoms with Crippen LogP contribution in [0.2, 0.25) is 0 Å². The topological polar surface area (TPSA) is 117 Å². The Morgan fingerprint density at radius 2 is 2.05 bits per heavy atom. The Bertz CT molecular complexity index is 1700. The molecule has 212 valence electrons. The fourth-order valence-corrected chi connectivity index (χ4v) is 6.16. The average molecular weight is 555 g/mol. The van der Waals surface area contributed by atoms with Crippen molar-refractivity contribution < 1.29 is 14.3 Å². The Morgan fingerprint density at radius 3 is 2.90 bits per heavy atom. The molecule has 5 heterocycles. The zero-order valence-corrected chi connectivity index (χ0v) is 23.3. The maximum Gasteiger partial charge on any atom is 0.243 e. The fourth-order valence-electron chi connectivity index (χ4n) is 6.16. The molecule has 11 heteroatoms. The highest BCUT2D eigenvalue weighted by Gasteiger charge is 2.35. The van der Waals surface area contributed by atoms with Gasteiger partial charge in [-0.25, -0.2) is 15.0 Å². The number of aromatic amines is 2. The molecule has 2 saturated heterocycles. The molecule has 2 aliphatic heterocycles. The Hall–Kier alpha value is -4.22. The van der Waals surface area contributed by atoms with E-state index in [2.05, 4.69) is 30.9 Å². The molecule has 2 aromatic carbocycles. The van der Waals surface area contributed by atoms with Gasteiger partial charge in [0.25, 0.3) is 0 Å². The molecule has 0 bridgehead atoms. The van der Waals surface area contributed by atoms with Gasteiger partial charge in [-0.15, -0.1) is 0 Å². The number of amides is 1. The summed E-state index contributed by atoms with van der Waals surface area (Å²) in [5, 5.41) is 0. The van der Waals surface area contributed by atoms with Crippen LogP contribution in [-0.4, -0.2) is 91.7 Å². The molecule has 0 spiro atoms. The van der Waals surface area contributed by atoms with Crippen LogP contribution in [0.4, 0.5) is 0 Å². The van der Waals surface area contributed by atoms with Gasteiger partial charge >= 0.3 is 0 Å². The number of piperazine rings is 1. The zero-order valence-electron chi connectivity index (χ0n) is 23.3. The standard InChI is InChI=1S/C30H34N8O3/c1-19-34-24-6-4-22(40-2)12-27(24)38(19)16-29(39)37-9-8-36(14-20-7-10-41-17-20)15-28(37)30-31-13-26(35-30)21-3-5-23-25(11-21)33-18-32-23/h3-6,11-13,18,20,28H,7-10,14-17H2,1-2H3,(H,31,35)(H,32,33). The van der Waals surface area contributed by atoms with Crippen molar-refractivity contribution in [3.63, 3.8) is 0 Å². The molecule has 2 unspecified atom stereocenters. The number of ether oxygens (including phenoxy) is 2. The first-order valence-corrected chi connectivity index (χ1v) is 14.1. The van der Waals surface area contributed by atoms with Crippen LogP contribution in [0.15, 0.2) is 48.9 Å². The number of carbonyl (C=O) groups is 1. The first-order chi connectivity index (χ1) is 20.1. The van der Waals surface area contributed by atoms with Crippen LogP contribution < -0.4 is 4.74 Å². The third-order valence-electron chi connectivity index (χ3n) is 8.41. The van der Waals surface area contributed by atoms with E-state index >= 15 is 0 Å². The van der Waals surface area contributed by atoms with Crippen molar-refractivity contribution in [2.45, 2.75) is 25.9 Å². The molecule has 1 amide bonds. The summed E-state index contributed by atoms with van der Waals surface area (Å²) in [6, 6.07) is 11.7. The highest BCUT2D eigenvalue weighted by atomic mass is 16.5. The summed E-state index contributed by atoms with van der Waals surface area (Å²) in [7, 11) is 1.65. The van der Waals surface area contributed by atoms with Crippen molar-refractivity contribution >= 4 is 28.0 Å². The minimum atomic E-state index is -0.201. The molecular weight excluding hydrogens is 520 g/mol. The summed E-state index contributed by atoms with van der Waals surface area (Å²) < 4.78 is 13.1. The van der Waals surface area contributed by atoms with Gasteiger partial charge < -0.3 is 28.9 Å². The third kappa shape index (κ3) is 4.95. The second kappa shape index (κ2) is 10.6. The van der Waals surface area contributed by atoms with Crippen molar-refractivity contribution in [2.24, 2.45) is 5.92 Å². The minimum absolute atomic E-state index is 0.0425. The Labute approximate surface area is 237 Å². The molecule has 2 atom stereocenters. The number of H-pyrrole nitrogens is 2. The van der Waals surface area contributed by atoms with Gasteiger partial charge in [-0.3, -0.25) is 9.69 Å². The molecule has 41 heavy (non-hydrogen) atoms. The smallest absolute Gasteiger partial charge is 0.243 e. The lowest BCUT2D eigenvalue weighted by molar-refractivity contribution is -0.137. The van der Waals surface area contributed by atoms with Crippen LogP contribution in [0.5, 0.6) is 5.75 Å². The van der Waals surface area contributed by atoms with Gasteiger partial charge in [-0.1, -0.05) is 6.07 Å². The van der Waals surface area contributed by atoms with Gasteiger partial charge in [0, 0.05) is 44.4 Å². The van der Waals surface area contributed by atoms with Crippen LogP contribution in [-0.2, 0) is 16.1 Å². The summed E-state index contributed by atoms with van der Waals surface area (Å²) >= 11 is 0. The van der Waals surface area contributed by atoms with Crippen LogP contribution >= 0.6 is 0 Å². The zero-order chi connectivity index (χ0) is 27.9. The van der Waals surface area contributed by atoms with E-state index in [1.54, 1.807) is 13.4 Å². The monoisotopic (exact) mass is 554 g/mol. The van der Waals surface area contributed by atoms with E-state index in [1.807, 2.05) is 52.9 Å². The van der Waals surface area contributed by atoms with Crippen molar-refractivity contribution in [2.75, 3.05) is 46.5 Å². The summed E-state index contributed by atoms with van der Waals surface area (Å²) in [6.07, 6.45) is 4.64. The first-order valence-electron chi connectivity index (χ1n) is 14.1. The molecule has 7 rings (SSSR count). The quantitative estimate of drug-likeness (QED) is 0.316. The number of nitrogens with one attached hydrogen (secondary N) is 2. The van der Waals surface area contributed by atoms with Gasteiger partial charge in [-0.05, 0) is 43.5 Å². The summed E-state index contributed by atoms with van der Waals surface area (Å²) in [5.74, 6) is 2.90. The number of imidazole rings is 3. The molecule has 0 radical (unpaired) electrons. The largest absolute Gasteiger partial charge is 0.497 e. The van der Waals surface area contributed by atoms with E-state index in [0.29, 0.717) is 19.0 Å². The SMILES string of the molecule is COc1ccc2nc(C)n(CC(=O)N3CCN(CC4CCOC4)CC3c3ncc(-c4ccc5nc[nH]c5c4)[nH]3)c2c1. The van der Waals surface area contributed by atoms with Crippen LogP contribution in [0.1, 0.15) is 24.1 Å². The Morgan fingerprint density at radius 1 is 1.15 bits per heavy atom. The highest BCUT2D eigenvalue weighted by Crippen LogP contribution is 2.29. The lowest BCUT2D eigenvalue weighted by Crippen LogP contribution is -2.52. The number of hydrogen-bond donors (Lipinski definition) is 2. The molecule has 11 nitrogen and oxygen atoms in total. The van der Waals surface area contributed by atoms with Crippen LogP contribution in [0.25, 0.3) is 33.3 Å². The maximum absolute atomic E-state index is 14.0. The molecular formula is C30H34N8O3. The average Bonchev–Trinajstić information content (AvgIpc) is 3.80. The van der Waals surface area contributed by atoms with E-state index in [9.17, 15) is 4.79 Å². The molecule has 0 saturated carbocycles. The number of benzene rings is 2. The minimum Gasteiger partial charge on any atom is -0.497 e. The molecule has 0 aliphatic carbocycles. The summed E-state index contributed by atoms with van der Waals surface area (Å²) in [5.41, 5.74) is 5.56. The highest BCUT2D eigenvalue weighted by molar-refractivity contribution is 5.83. The lowest BCUT2D eigenvalue weighted by atomic mass is 10.1. The summed E-state index contributed by atoms with van der Waals surface area (Å²) in [4.78, 5) is 39.0. The number of hydrogen-bond acceptors (Lipinski definition) is 7. The van der Waals surface area contributed by atoms with E-state index in [-0.39, 0.29) is 18.5 Å². The van der Waals surface area contributed by atoms with Gasteiger partial charge in [0.1, 0.15) is 30.0 Å². The Kier molecular flexibility index (Phi) is 6.68.